The molecule has 2 nitrogen and oxygen atoms in total. The first-order valence-corrected chi connectivity index (χ1v) is 12.3. The Morgan fingerprint density at radius 3 is 1.48 bits per heavy atom. The van der Waals surface area contributed by atoms with Crippen LogP contribution in [0.4, 0.5) is 0 Å². The normalized spacial score (nSPS) is 33.5. The summed E-state index contributed by atoms with van der Waals surface area (Å²) in [6.07, 6.45) is 18.3. The van der Waals surface area contributed by atoms with E-state index in [-0.39, 0.29) is 22.7 Å². The van der Waals surface area contributed by atoms with E-state index in [9.17, 15) is 8.42 Å². The molecule has 0 aliphatic heterocycles. The summed E-state index contributed by atoms with van der Waals surface area (Å²) in [5.74, 6) is 0.498. The largest absolute Gasteiger partial charge is 0.219 e. The Balaban J connectivity index is 2.68. The Hall–Kier alpha value is -1.61. The molecule has 2 aliphatic carbocycles. The van der Waals surface area contributed by atoms with Crippen molar-refractivity contribution < 1.29 is 8.42 Å². The van der Waals surface area contributed by atoms with Gasteiger partial charge in [-0.25, -0.2) is 8.42 Å². The van der Waals surface area contributed by atoms with E-state index >= 15 is 0 Å². The monoisotopic (exact) mass is 414 g/mol. The van der Waals surface area contributed by atoms with Gasteiger partial charge in [0, 0.05) is 10.8 Å². The molecule has 0 amide bonds. The van der Waals surface area contributed by atoms with E-state index in [0.717, 1.165) is 24.0 Å². The molecule has 3 heteroatoms. The molecule has 0 aromatic heterocycles. The molecule has 0 radical (unpaired) electrons. The highest BCUT2D eigenvalue weighted by atomic mass is 32.2. The van der Waals surface area contributed by atoms with Crippen molar-refractivity contribution in [3.8, 4) is 0 Å². The molecule has 2 aliphatic rings. The standard InChI is InChI=1S/C26H38O2S/c1-9-11-17-25(7)19(3)13-15-23(21(25)5)29(27,28)24-16-14-20(4)26(8,22(24)6)18-12-10-2/h11-20H,9-10H2,1-8H3. The van der Waals surface area contributed by atoms with Crippen molar-refractivity contribution in [1.82, 2.24) is 0 Å². The van der Waals surface area contributed by atoms with E-state index < -0.39 is 9.84 Å². The van der Waals surface area contributed by atoms with Crippen LogP contribution in [0.25, 0.3) is 0 Å². The van der Waals surface area contributed by atoms with Gasteiger partial charge < -0.3 is 0 Å². The quantitative estimate of drug-likeness (QED) is 0.427. The maximum Gasteiger partial charge on any atom is 0.206 e. The molecule has 29 heavy (non-hydrogen) atoms. The molecule has 0 aromatic rings. The third-order valence-corrected chi connectivity index (χ3v) is 9.34. The van der Waals surface area contributed by atoms with Gasteiger partial charge in [-0.3, -0.25) is 0 Å². The van der Waals surface area contributed by atoms with E-state index in [1.807, 2.05) is 38.2 Å². The van der Waals surface area contributed by atoms with Crippen LogP contribution in [0.15, 0.2) is 69.6 Å². The molecule has 4 unspecified atom stereocenters. The zero-order chi connectivity index (χ0) is 22.0. The Morgan fingerprint density at radius 2 is 1.17 bits per heavy atom. The fraction of sp³-hybridized carbons (Fsp3) is 0.538. The first-order chi connectivity index (χ1) is 13.5. The Labute approximate surface area is 178 Å². The third-order valence-electron chi connectivity index (χ3n) is 7.30. The lowest BCUT2D eigenvalue weighted by molar-refractivity contribution is 0.387. The molecular weight excluding hydrogens is 376 g/mol. The molecule has 0 N–H and O–H groups in total. The van der Waals surface area contributed by atoms with Gasteiger partial charge in [-0.15, -0.1) is 0 Å². The van der Waals surface area contributed by atoms with Crippen LogP contribution in [0, 0.1) is 22.7 Å². The minimum atomic E-state index is -3.60. The summed E-state index contributed by atoms with van der Waals surface area (Å²) >= 11 is 0. The molecule has 0 saturated heterocycles. The molecule has 4 atom stereocenters. The topological polar surface area (TPSA) is 34.1 Å². The van der Waals surface area contributed by atoms with E-state index in [1.165, 1.54) is 0 Å². The van der Waals surface area contributed by atoms with Crippen LogP contribution in [0.5, 0.6) is 0 Å². The highest BCUT2D eigenvalue weighted by molar-refractivity contribution is 7.99. The number of hydrogen-bond donors (Lipinski definition) is 0. The van der Waals surface area contributed by atoms with Gasteiger partial charge in [-0.05, 0) is 61.8 Å². The summed E-state index contributed by atoms with van der Waals surface area (Å²) in [6, 6.07) is 0. The minimum Gasteiger partial charge on any atom is -0.219 e. The van der Waals surface area contributed by atoms with E-state index in [4.69, 9.17) is 0 Å². The highest BCUT2D eigenvalue weighted by Crippen LogP contribution is 2.48. The first kappa shape index (κ1) is 23.7. The van der Waals surface area contributed by atoms with Gasteiger partial charge in [0.2, 0.25) is 9.84 Å². The van der Waals surface area contributed by atoms with Gasteiger partial charge in [0.1, 0.15) is 0 Å². The van der Waals surface area contributed by atoms with Gasteiger partial charge in [-0.1, -0.05) is 78.0 Å². The summed E-state index contributed by atoms with van der Waals surface area (Å²) in [6.45, 7) is 16.8. The lowest BCUT2D eigenvalue weighted by atomic mass is 9.70. The molecule has 0 saturated carbocycles. The molecule has 0 bridgehead atoms. The van der Waals surface area contributed by atoms with E-state index in [0.29, 0.717) is 9.81 Å². The summed E-state index contributed by atoms with van der Waals surface area (Å²) in [5.41, 5.74) is 1.27. The van der Waals surface area contributed by atoms with Crippen molar-refractivity contribution in [2.75, 3.05) is 0 Å². The summed E-state index contributed by atoms with van der Waals surface area (Å²) in [7, 11) is -3.60. The molecule has 0 heterocycles. The van der Waals surface area contributed by atoms with Crippen LogP contribution in [-0.2, 0) is 9.84 Å². The predicted octanol–water partition coefficient (Wildman–Crippen LogP) is 7.31. The number of allylic oxidation sites excluding steroid dienone is 10. The second kappa shape index (κ2) is 8.63. The lowest BCUT2D eigenvalue weighted by Gasteiger charge is -2.39. The SMILES string of the molecule is CCC=CC1(C)C(C)=C(S(=O)(=O)C2=C(C)C(C)(C=CCC)C(C)C=C2)C=CC1C. The van der Waals surface area contributed by atoms with Gasteiger partial charge >= 0.3 is 0 Å². The van der Waals surface area contributed by atoms with Crippen molar-refractivity contribution in [3.63, 3.8) is 0 Å². The van der Waals surface area contributed by atoms with E-state index in [1.54, 1.807) is 0 Å². The molecule has 0 fully saturated rings. The van der Waals surface area contributed by atoms with Crippen LogP contribution in [0.1, 0.15) is 68.2 Å². The van der Waals surface area contributed by atoms with Gasteiger partial charge in [0.25, 0.3) is 0 Å². The summed E-state index contributed by atoms with van der Waals surface area (Å²) < 4.78 is 27.7. The average Bonchev–Trinajstić information content (AvgIpc) is 2.67. The summed E-state index contributed by atoms with van der Waals surface area (Å²) in [5, 5.41) is 0. The van der Waals surface area contributed by atoms with Crippen molar-refractivity contribution in [1.29, 1.82) is 0 Å². The molecule has 2 rings (SSSR count). The fourth-order valence-corrected chi connectivity index (χ4v) is 6.31. The maximum atomic E-state index is 13.8. The fourth-order valence-electron chi connectivity index (χ4n) is 4.31. The zero-order valence-corrected chi connectivity index (χ0v) is 20.2. The second-order valence-electron chi connectivity index (χ2n) is 8.96. The van der Waals surface area contributed by atoms with Crippen molar-refractivity contribution >= 4 is 9.84 Å². The Kier molecular flexibility index (Phi) is 7.05. The Morgan fingerprint density at radius 1 is 0.828 bits per heavy atom. The van der Waals surface area contributed by atoms with Crippen molar-refractivity contribution in [2.45, 2.75) is 68.2 Å². The van der Waals surface area contributed by atoms with Gasteiger partial charge in [0.05, 0.1) is 9.81 Å². The van der Waals surface area contributed by atoms with Crippen molar-refractivity contribution in [3.05, 3.63) is 69.6 Å². The average molecular weight is 415 g/mol. The number of rotatable bonds is 6. The molecule has 0 aromatic carbocycles. The smallest absolute Gasteiger partial charge is 0.206 e. The van der Waals surface area contributed by atoms with Gasteiger partial charge in [-0.2, -0.15) is 0 Å². The molecule has 0 spiro atoms. The highest BCUT2D eigenvalue weighted by Gasteiger charge is 2.41. The maximum absolute atomic E-state index is 13.8. The second-order valence-corrected chi connectivity index (χ2v) is 10.9. The van der Waals surface area contributed by atoms with Crippen LogP contribution in [0.2, 0.25) is 0 Å². The molecular formula is C26H38O2S. The molecule has 160 valence electrons. The van der Waals surface area contributed by atoms with Crippen molar-refractivity contribution in [2.24, 2.45) is 22.7 Å². The number of sulfone groups is 1. The Bertz CT molecular complexity index is 854. The zero-order valence-electron chi connectivity index (χ0n) is 19.4. The van der Waals surface area contributed by atoms with Crippen LogP contribution < -0.4 is 0 Å². The third kappa shape index (κ3) is 4.03. The number of hydrogen-bond acceptors (Lipinski definition) is 2. The van der Waals surface area contributed by atoms with Gasteiger partial charge in [0.15, 0.2) is 0 Å². The van der Waals surface area contributed by atoms with Crippen LogP contribution in [-0.4, -0.2) is 8.42 Å². The summed E-state index contributed by atoms with van der Waals surface area (Å²) in [4.78, 5) is 0.906. The van der Waals surface area contributed by atoms with Crippen LogP contribution in [0.3, 0.4) is 0 Å². The minimum absolute atomic E-state index is 0.249. The van der Waals surface area contributed by atoms with Crippen LogP contribution >= 0.6 is 0 Å². The first-order valence-electron chi connectivity index (χ1n) is 10.9. The predicted molar refractivity (Wildman–Crippen MR) is 126 cm³/mol. The lowest BCUT2D eigenvalue weighted by Crippen LogP contribution is -2.31. The van der Waals surface area contributed by atoms with E-state index in [2.05, 4.69) is 65.8 Å².